The molecule has 4 aliphatic rings. The molecular formula is C26H33FN4O3S. The first-order chi connectivity index (χ1) is 16.8. The Kier molecular flexibility index (Phi) is 5.56. The van der Waals surface area contributed by atoms with Crippen molar-refractivity contribution in [1.29, 1.82) is 0 Å². The third-order valence-electron chi connectivity index (χ3n) is 8.76. The number of carbonyl (C=O) groups excluding carboxylic acids is 1. The van der Waals surface area contributed by atoms with Gasteiger partial charge in [-0.1, -0.05) is 31.4 Å². The molecule has 0 radical (unpaired) electrons. The van der Waals surface area contributed by atoms with Crippen LogP contribution in [0.3, 0.4) is 0 Å². The first-order valence-electron chi connectivity index (χ1n) is 12.9. The zero-order valence-electron chi connectivity index (χ0n) is 20.2. The van der Waals surface area contributed by atoms with E-state index >= 15 is 0 Å². The highest BCUT2D eigenvalue weighted by atomic mass is 32.2. The van der Waals surface area contributed by atoms with Gasteiger partial charge in [-0.2, -0.15) is 4.31 Å². The van der Waals surface area contributed by atoms with Crippen LogP contribution in [0.25, 0.3) is 0 Å². The Balaban J connectivity index is 1.14. The summed E-state index contributed by atoms with van der Waals surface area (Å²) in [5.41, 5.74) is 0.594. The Labute approximate surface area is 206 Å². The molecule has 1 amide bonds. The summed E-state index contributed by atoms with van der Waals surface area (Å²) in [6.07, 6.45) is 10.3. The van der Waals surface area contributed by atoms with Gasteiger partial charge in [0.15, 0.2) is 0 Å². The van der Waals surface area contributed by atoms with E-state index in [1.807, 2.05) is 4.90 Å². The molecule has 1 spiro atoms. The van der Waals surface area contributed by atoms with Crippen LogP contribution >= 0.6 is 0 Å². The van der Waals surface area contributed by atoms with Gasteiger partial charge in [0, 0.05) is 43.1 Å². The van der Waals surface area contributed by atoms with E-state index in [1.165, 1.54) is 41.8 Å². The molecule has 35 heavy (non-hydrogen) atoms. The number of rotatable bonds is 4. The summed E-state index contributed by atoms with van der Waals surface area (Å²) in [6, 6.07) is 5.77. The molecule has 1 aromatic carbocycles. The van der Waals surface area contributed by atoms with Crippen molar-refractivity contribution in [3.63, 3.8) is 0 Å². The predicted molar refractivity (Wildman–Crippen MR) is 129 cm³/mol. The van der Waals surface area contributed by atoms with Crippen molar-refractivity contribution >= 4 is 15.9 Å². The van der Waals surface area contributed by atoms with Gasteiger partial charge in [-0.15, -0.1) is 0 Å². The molecule has 7 nitrogen and oxygen atoms in total. The maximum atomic E-state index is 14.1. The molecule has 0 bridgehead atoms. The Bertz CT molecular complexity index is 1240. The van der Waals surface area contributed by atoms with Gasteiger partial charge in [0.1, 0.15) is 22.2 Å². The fourth-order valence-electron chi connectivity index (χ4n) is 6.86. The molecule has 3 heterocycles. The number of nitrogens with zero attached hydrogens (tertiary/aromatic N) is 4. The molecule has 2 aliphatic heterocycles. The third-order valence-corrected chi connectivity index (χ3v) is 10.6. The number of carbonyl (C=O) groups is 1. The average molecular weight is 501 g/mol. The Hall–Kier alpha value is -2.26. The van der Waals surface area contributed by atoms with Crippen molar-refractivity contribution in [3.05, 3.63) is 47.8 Å². The lowest BCUT2D eigenvalue weighted by molar-refractivity contribution is -0.0740. The van der Waals surface area contributed by atoms with Crippen molar-refractivity contribution in [3.8, 4) is 0 Å². The summed E-state index contributed by atoms with van der Waals surface area (Å²) >= 11 is 0. The summed E-state index contributed by atoms with van der Waals surface area (Å²) in [6.45, 7) is 3.72. The van der Waals surface area contributed by atoms with E-state index in [0.29, 0.717) is 24.7 Å². The number of sulfonamides is 1. The second-order valence-electron chi connectivity index (χ2n) is 11.1. The molecule has 3 fully saturated rings. The lowest BCUT2D eigenvalue weighted by Gasteiger charge is -2.60. The number of hydrogen-bond acceptors (Lipinski definition) is 4. The molecule has 0 unspecified atom stereocenters. The highest BCUT2D eigenvalue weighted by Gasteiger charge is 2.58. The number of fused-ring (bicyclic) bond motifs is 1. The zero-order valence-corrected chi connectivity index (χ0v) is 21.0. The molecule has 188 valence electrons. The molecule has 1 saturated heterocycles. The molecule has 1 aromatic heterocycles. The first kappa shape index (κ1) is 23.2. The molecule has 6 rings (SSSR count). The Morgan fingerprint density at radius 3 is 2.49 bits per heavy atom. The van der Waals surface area contributed by atoms with Gasteiger partial charge in [-0.05, 0) is 51.2 Å². The lowest BCUT2D eigenvalue weighted by atomic mass is 9.61. The van der Waals surface area contributed by atoms with Crippen molar-refractivity contribution in [2.24, 2.45) is 5.41 Å². The fourth-order valence-corrected chi connectivity index (χ4v) is 8.59. The minimum Gasteiger partial charge on any atom is -0.332 e. The maximum absolute atomic E-state index is 14.1. The van der Waals surface area contributed by atoms with Crippen LogP contribution in [0.15, 0.2) is 35.4 Å². The number of hydrogen-bond donors (Lipinski definition) is 0. The zero-order chi connectivity index (χ0) is 24.4. The second-order valence-corrected chi connectivity index (χ2v) is 13.0. The smallest absolute Gasteiger partial charge is 0.272 e. The van der Waals surface area contributed by atoms with Gasteiger partial charge in [0.2, 0.25) is 10.0 Å². The third kappa shape index (κ3) is 3.73. The van der Waals surface area contributed by atoms with Gasteiger partial charge < -0.3 is 9.47 Å². The molecular weight excluding hydrogens is 467 g/mol. The SMILES string of the molecule is C[C@@H]1CCn2c(cnc2C2CCCCC2)C(=O)N1C1CC2(C1)CN(S(=O)(=O)c1ccccc1F)C2. The minimum absolute atomic E-state index is 0.0552. The standard InChI is InChI=1S/C26H33FN4O3S/c1-18-11-12-30-22(15-28-24(30)19-7-3-2-4-8-19)25(32)31(18)20-13-26(14-20)16-29(17-26)35(33,34)23-10-6-5-9-21(23)27/h5-6,9-10,15,18-20H,2-4,7-8,11-14,16-17H2,1H3/t18-/m1/s1. The summed E-state index contributed by atoms with van der Waals surface area (Å²) in [7, 11) is -3.83. The van der Waals surface area contributed by atoms with Crippen LogP contribution < -0.4 is 0 Å². The quantitative estimate of drug-likeness (QED) is 0.632. The first-order valence-corrected chi connectivity index (χ1v) is 14.4. The van der Waals surface area contributed by atoms with Gasteiger partial charge in [0.25, 0.3) is 5.91 Å². The lowest BCUT2D eigenvalue weighted by Crippen LogP contribution is -2.68. The van der Waals surface area contributed by atoms with E-state index in [-0.39, 0.29) is 28.3 Å². The van der Waals surface area contributed by atoms with Crippen LogP contribution in [0.4, 0.5) is 4.39 Å². The molecule has 0 N–H and O–H groups in total. The summed E-state index contributed by atoms with van der Waals surface area (Å²) in [5.74, 6) is 0.879. The number of aromatic nitrogens is 2. The highest BCUT2D eigenvalue weighted by molar-refractivity contribution is 7.89. The Morgan fingerprint density at radius 2 is 1.77 bits per heavy atom. The van der Waals surface area contributed by atoms with Crippen molar-refractivity contribution in [2.45, 2.75) is 87.7 Å². The van der Waals surface area contributed by atoms with Crippen LogP contribution in [-0.2, 0) is 16.6 Å². The van der Waals surface area contributed by atoms with Crippen LogP contribution in [0.1, 0.15) is 80.5 Å². The monoisotopic (exact) mass is 500 g/mol. The van der Waals surface area contributed by atoms with Gasteiger partial charge in [-0.3, -0.25) is 4.79 Å². The molecule has 9 heteroatoms. The summed E-state index contributed by atoms with van der Waals surface area (Å²) in [5, 5.41) is 0. The van der Waals surface area contributed by atoms with E-state index in [1.54, 1.807) is 12.3 Å². The van der Waals surface area contributed by atoms with Crippen LogP contribution in [0.5, 0.6) is 0 Å². The summed E-state index contributed by atoms with van der Waals surface area (Å²) in [4.78, 5) is 20.1. The molecule has 2 saturated carbocycles. The molecule has 2 aromatic rings. The molecule has 2 aliphatic carbocycles. The minimum atomic E-state index is -3.83. The highest BCUT2D eigenvalue weighted by Crippen LogP contribution is 2.52. The van der Waals surface area contributed by atoms with Gasteiger partial charge in [-0.25, -0.2) is 17.8 Å². The van der Waals surface area contributed by atoms with E-state index in [2.05, 4.69) is 11.5 Å². The topological polar surface area (TPSA) is 75.5 Å². The molecule has 1 atom stereocenters. The normalized spacial score (nSPS) is 25.7. The van der Waals surface area contributed by atoms with Crippen molar-refractivity contribution in [1.82, 2.24) is 18.8 Å². The fraction of sp³-hybridized carbons (Fsp3) is 0.615. The average Bonchev–Trinajstić information content (AvgIpc) is 3.17. The van der Waals surface area contributed by atoms with Gasteiger partial charge >= 0.3 is 0 Å². The summed E-state index contributed by atoms with van der Waals surface area (Å²) < 4.78 is 43.4. The van der Waals surface area contributed by atoms with E-state index in [0.717, 1.165) is 44.5 Å². The number of imidazole rings is 1. The van der Waals surface area contributed by atoms with Crippen LogP contribution in [0.2, 0.25) is 0 Å². The van der Waals surface area contributed by atoms with E-state index in [4.69, 9.17) is 4.98 Å². The van der Waals surface area contributed by atoms with E-state index < -0.39 is 15.8 Å². The predicted octanol–water partition coefficient (Wildman–Crippen LogP) is 4.16. The van der Waals surface area contributed by atoms with Crippen LogP contribution in [0, 0.1) is 11.2 Å². The maximum Gasteiger partial charge on any atom is 0.272 e. The van der Waals surface area contributed by atoms with Gasteiger partial charge in [0.05, 0.1) is 6.20 Å². The Morgan fingerprint density at radius 1 is 1.06 bits per heavy atom. The van der Waals surface area contributed by atoms with Crippen molar-refractivity contribution in [2.75, 3.05) is 13.1 Å². The van der Waals surface area contributed by atoms with Crippen molar-refractivity contribution < 1.29 is 17.6 Å². The van der Waals surface area contributed by atoms with E-state index in [9.17, 15) is 17.6 Å². The number of halogens is 1. The number of benzene rings is 1. The van der Waals surface area contributed by atoms with Crippen LogP contribution in [-0.4, -0.2) is 58.3 Å². The largest absolute Gasteiger partial charge is 0.332 e. The number of amides is 1. The second kappa shape index (κ2) is 8.40.